The van der Waals surface area contributed by atoms with Crippen molar-refractivity contribution in [3.05, 3.63) is 35.1 Å². The van der Waals surface area contributed by atoms with Crippen molar-refractivity contribution in [2.45, 2.75) is 25.8 Å². The fourth-order valence-electron chi connectivity index (χ4n) is 3.34. The number of hydrogen-bond donors (Lipinski definition) is 1. The first-order chi connectivity index (χ1) is 11.2. The van der Waals surface area contributed by atoms with Crippen LogP contribution >= 0.6 is 0 Å². The highest BCUT2D eigenvalue weighted by molar-refractivity contribution is 7.90. The van der Waals surface area contributed by atoms with Gasteiger partial charge in [-0.1, -0.05) is 6.07 Å². The predicted octanol–water partition coefficient (Wildman–Crippen LogP) is 1.68. The lowest BCUT2D eigenvalue weighted by molar-refractivity contribution is -0.126. The summed E-state index contributed by atoms with van der Waals surface area (Å²) in [6, 6.07) is 4.56. The van der Waals surface area contributed by atoms with Gasteiger partial charge in [0.15, 0.2) is 0 Å². The lowest BCUT2D eigenvalue weighted by Crippen LogP contribution is -2.43. The fraction of sp³-hybridized carbons (Fsp3) is 0.588. The molecule has 0 radical (unpaired) electrons. The Morgan fingerprint density at radius 1 is 1.42 bits per heavy atom. The van der Waals surface area contributed by atoms with Crippen LogP contribution in [0.1, 0.15) is 30.0 Å². The standard InChI is InChI=1S/C17H25FN2O3S/c1-12-10-14(18)4-5-15(12)16-11-13(17(21)19-2)6-7-20(16)8-9-24(3,22)23/h4-5,10,13,16H,6-9,11H2,1-3H3,(H,19,21). The van der Waals surface area contributed by atoms with Crippen LogP contribution in [0.5, 0.6) is 0 Å². The minimum Gasteiger partial charge on any atom is -0.359 e. The highest BCUT2D eigenvalue weighted by atomic mass is 32.2. The van der Waals surface area contributed by atoms with E-state index in [1.165, 1.54) is 18.4 Å². The molecule has 1 fully saturated rings. The zero-order valence-corrected chi connectivity index (χ0v) is 15.2. The molecule has 1 aromatic carbocycles. The molecule has 1 N–H and O–H groups in total. The van der Waals surface area contributed by atoms with E-state index >= 15 is 0 Å². The third kappa shape index (κ3) is 4.77. The molecular weight excluding hydrogens is 331 g/mol. The Morgan fingerprint density at radius 2 is 2.12 bits per heavy atom. The van der Waals surface area contributed by atoms with E-state index in [-0.39, 0.29) is 29.4 Å². The van der Waals surface area contributed by atoms with Crippen LogP contribution in [0.4, 0.5) is 4.39 Å². The topological polar surface area (TPSA) is 66.5 Å². The third-order valence-electron chi connectivity index (χ3n) is 4.67. The molecule has 2 rings (SSSR count). The van der Waals surface area contributed by atoms with Gasteiger partial charge in [0, 0.05) is 31.8 Å². The number of halogens is 1. The van der Waals surface area contributed by atoms with Crippen LogP contribution < -0.4 is 5.32 Å². The first-order valence-corrected chi connectivity index (χ1v) is 10.2. The Balaban J connectivity index is 2.27. The molecule has 1 aromatic rings. The number of hydrogen-bond acceptors (Lipinski definition) is 4. The van der Waals surface area contributed by atoms with Crippen molar-refractivity contribution in [3.8, 4) is 0 Å². The number of benzene rings is 1. The Kier molecular flexibility index (Phi) is 5.98. The van der Waals surface area contributed by atoms with Gasteiger partial charge < -0.3 is 5.32 Å². The minimum absolute atomic E-state index is 0.00234. The first-order valence-electron chi connectivity index (χ1n) is 8.10. The Bertz CT molecular complexity index is 706. The zero-order valence-electron chi connectivity index (χ0n) is 14.4. The summed E-state index contributed by atoms with van der Waals surface area (Å²) < 4.78 is 36.4. The van der Waals surface area contributed by atoms with Crippen molar-refractivity contribution >= 4 is 15.7 Å². The second kappa shape index (κ2) is 7.61. The molecule has 7 heteroatoms. The molecule has 1 heterocycles. The molecule has 0 spiro atoms. The van der Waals surface area contributed by atoms with Gasteiger partial charge in [-0.3, -0.25) is 9.69 Å². The summed E-state index contributed by atoms with van der Waals surface area (Å²) in [5, 5.41) is 2.69. The molecule has 1 aliphatic heterocycles. The second-order valence-electron chi connectivity index (χ2n) is 6.52. The van der Waals surface area contributed by atoms with Crippen LogP contribution in [0, 0.1) is 18.7 Å². The number of nitrogens with one attached hydrogen (secondary N) is 1. The summed E-state index contributed by atoms with van der Waals surface area (Å²) in [5.41, 5.74) is 1.78. The number of likely N-dealkylation sites (tertiary alicyclic amines) is 1. The average Bonchev–Trinajstić information content (AvgIpc) is 2.51. The molecule has 5 nitrogen and oxygen atoms in total. The van der Waals surface area contributed by atoms with Crippen molar-refractivity contribution in [3.63, 3.8) is 0 Å². The van der Waals surface area contributed by atoms with E-state index in [9.17, 15) is 17.6 Å². The van der Waals surface area contributed by atoms with Crippen molar-refractivity contribution in [1.29, 1.82) is 0 Å². The summed E-state index contributed by atoms with van der Waals surface area (Å²) in [4.78, 5) is 14.1. The second-order valence-corrected chi connectivity index (χ2v) is 8.78. The SMILES string of the molecule is CNC(=O)C1CCN(CCS(C)(=O)=O)C(c2ccc(F)cc2C)C1. The summed E-state index contributed by atoms with van der Waals surface area (Å²) in [6.07, 6.45) is 2.53. The maximum Gasteiger partial charge on any atom is 0.222 e. The zero-order chi connectivity index (χ0) is 17.9. The van der Waals surface area contributed by atoms with Crippen LogP contribution in [-0.4, -0.2) is 51.4 Å². The summed E-state index contributed by atoms with van der Waals surface area (Å²) in [6.45, 7) is 2.91. The van der Waals surface area contributed by atoms with Crippen molar-refractivity contribution < 1.29 is 17.6 Å². The number of rotatable bonds is 5. The molecular formula is C17H25FN2O3S. The summed E-state index contributed by atoms with van der Waals surface area (Å²) in [7, 11) is -1.44. The average molecular weight is 356 g/mol. The Morgan fingerprint density at radius 3 is 2.71 bits per heavy atom. The van der Waals surface area contributed by atoms with Gasteiger partial charge in [-0.15, -0.1) is 0 Å². The summed E-state index contributed by atoms with van der Waals surface area (Å²) >= 11 is 0. The van der Waals surface area contributed by atoms with Gasteiger partial charge >= 0.3 is 0 Å². The number of amides is 1. The van der Waals surface area contributed by atoms with Crippen LogP contribution in [0.25, 0.3) is 0 Å². The highest BCUT2D eigenvalue weighted by Gasteiger charge is 2.33. The fourth-order valence-corrected chi connectivity index (χ4v) is 3.91. The van der Waals surface area contributed by atoms with Gasteiger partial charge in [0.1, 0.15) is 15.7 Å². The largest absolute Gasteiger partial charge is 0.359 e. The normalized spacial score (nSPS) is 22.3. The molecule has 0 aromatic heterocycles. The highest BCUT2D eigenvalue weighted by Crippen LogP contribution is 2.35. The third-order valence-corrected chi connectivity index (χ3v) is 5.59. The summed E-state index contributed by atoms with van der Waals surface area (Å²) in [5.74, 6) is -0.326. The van der Waals surface area contributed by atoms with E-state index in [0.29, 0.717) is 25.9 Å². The molecule has 24 heavy (non-hydrogen) atoms. The monoisotopic (exact) mass is 356 g/mol. The number of nitrogens with zero attached hydrogens (tertiary/aromatic N) is 1. The number of sulfone groups is 1. The lowest BCUT2D eigenvalue weighted by atomic mass is 9.85. The van der Waals surface area contributed by atoms with E-state index in [1.54, 1.807) is 13.1 Å². The van der Waals surface area contributed by atoms with Gasteiger partial charge in [0.05, 0.1) is 5.75 Å². The van der Waals surface area contributed by atoms with Gasteiger partial charge in [0.25, 0.3) is 0 Å². The van der Waals surface area contributed by atoms with E-state index in [2.05, 4.69) is 10.2 Å². The molecule has 0 bridgehead atoms. The maximum atomic E-state index is 13.4. The molecule has 1 amide bonds. The van der Waals surface area contributed by atoms with Crippen LogP contribution in [-0.2, 0) is 14.6 Å². The Hall–Kier alpha value is -1.47. The van der Waals surface area contributed by atoms with Crippen molar-refractivity contribution in [2.24, 2.45) is 5.92 Å². The van der Waals surface area contributed by atoms with E-state index in [0.717, 1.165) is 11.1 Å². The Labute approximate surface area is 143 Å². The van der Waals surface area contributed by atoms with Crippen molar-refractivity contribution in [2.75, 3.05) is 32.1 Å². The van der Waals surface area contributed by atoms with Crippen LogP contribution in [0.2, 0.25) is 0 Å². The van der Waals surface area contributed by atoms with Gasteiger partial charge in [0.2, 0.25) is 5.91 Å². The number of piperidine rings is 1. The molecule has 2 unspecified atom stereocenters. The smallest absolute Gasteiger partial charge is 0.222 e. The minimum atomic E-state index is -3.06. The van der Waals surface area contributed by atoms with Crippen molar-refractivity contribution in [1.82, 2.24) is 10.2 Å². The molecule has 0 saturated carbocycles. The maximum absolute atomic E-state index is 13.4. The number of aryl methyl sites for hydroxylation is 1. The molecule has 2 atom stereocenters. The van der Waals surface area contributed by atoms with Gasteiger partial charge in [-0.05, 0) is 49.6 Å². The lowest BCUT2D eigenvalue weighted by Gasteiger charge is -2.39. The van der Waals surface area contributed by atoms with E-state index in [4.69, 9.17) is 0 Å². The molecule has 0 aliphatic carbocycles. The van der Waals surface area contributed by atoms with Crippen LogP contribution in [0.15, 0.2) is 18.2 Å². The predicted molar refractivity (Wildman–Crippen MR) is 92.0 cm³/mol. The first kappa shape index (κ1) is 18.9. The van der Waals surface area contributed by atoms with Gasteiger partial charge in [-0.25, -0.2) is 12.8 Å². The molecule has 1 saturated heterocycles. The molecule has 134 valence electrons. The molecule has 1 aliphatic rings. The number of carbonyl (C=O) groups excluding carboxylic acids is 1. The quantitative estimate of drug-likeness (QED) is 0.872. The van der Waals surface area contributed by atoms with E-state index in [1.807, 2.05) is 6.92 Å². The number of carbonyl (C=O) groups is 1. The van der Waals surface area contributed by atoms with Crippen LogP contribution in [0.3, 0.4) is 0 Å². The van der Waals surface area contributed by atoms with Gasteiger partial charge in [-0.2, -0.15) is 0 Å². The van der Waals surface area contributed by atoms with E-state index < -0.39 is 9.84 Å².